The van der Waals surface area contributed by atoms with Crippen molar-refractivity contribution in [2.45, 2.75) is 6.54 Å². The largest absolute Gasteiger partial charge is 0.342 e. The van der Waals surface area contributed by atoms with Gasteiger partial charge < -0.3 is 4.57 Å². The molecule has 6 rings (SSSR count). The molecule has 1 amide bonds. The maximum atomic E-state index is 13.7. The number of nitrogens with zero attached hydrogens (tertiary/aromatic N) is 2. The summed E-state index contributed by atoms with van der Waals surface area (Å²) in [6.07, 6.45) is 4.20. The number of anilines is 2. The number of benzene rings is 4. The van der Waals surface area contributed by atoms with Gasteiger partial charge in [0.15, 0.2) is 0 Å². The highest BCUT2D eigenvalue weighted by Crippen LogP contribution is 2.42. The summed E-state index contributed by atoms with van der Waals surface area (Å²) in [7, 11) is 0. The van der Waals surface area contributed by atoms with E-state index in [-0.39, 0.29) is 5.91 Å². The van der Waals surface area contributed by atoms with E-state index in [0.717, 1.165) is 44.4 Å². The van der Waals surface area contributed by atoms with Gasteiger partial charge in [0, 0.05) is 44.9 Å². The van der Waals surface area contributed by atoms with Crippen molar-refractivity contribution in [2.75, 3.05) is 4.90 Å². The van der Waals surface area contributed by atoms with Crippen LogP contribution < -0.4 is 4.90 Å². The summed E-state index contributed by atoms with van der Waals surface area (Å²) in [4.78, 5) is 15.5. The minimum absolute atomic E-state index is 0.00265. The summed E-state index contributed by atoms with van der Waals surface area (Å²) >= 11 is 3.51. The summed E-state index contributed by atoms with van der Waals surface area (Å²) in [6.45, 7) is 0.762. The van der Waals surface area contributed by atoms with Crippen LogP contribution in [0.2, 0.25) is 0 Å². The van der Waals surface area contributed by atoms with E-state index in [1.165, 1.54) is 5.56 Å². The second kappa shape index (κ2) is 8.47. The minimum atomic E-state index is -0.00265. The SMILES string of the molecule is O=C1/C(=C/c2cn(Cc3ccc(Br)cc3)c3ccccc23)c2ccccc2N1c1ccccc1. The van der Waals surface area contributed by atoms with E-state index in [2.05, 4.69) is 75.2 Å². The fourth-order valence-corrected chi connectivity index (χ4v) is 4.94. The molecule has 1 aliphatic rings. The molecule has 0 fully saturated rings. The highest BCUT2D eigenvalue weighted by Gasteiger charge is 2.33. The molecule has 0 saturated heterocycles. The van der Waals surface area contributed by atoms with Gasteiger partial charge in [0.1, 0.15) is 0 Å². The third kappa shape index (κ3) is 3.57. The second-order valence-electron chi connectivity index (χ2n) is 8.41. The van der Waals surface area contributed by atoms with Gasteiger partial charge in [0.05, 0.1) is 11.3 Å². The highest BCUT2D eigenvalue weighted by atomic mass is 79.9. The Kier molecular flexibility index (Phi) is 5.16. The van der Waals surface area contributed by atoms with Crippen molar-refractivity contribution in [3.8, 4) is 0 Å². The van der Waals surface area contributed by atoms with Gasteiger partial charge in [-0.15, -0.1) is 0 Å². The van der Waals surface area contributed by atoms with Crippen LogP contribution in [0.5, 0.6) is 0 Å². The number of hydrogen-bond donors (Lipinski definition) is 0. The van der Waals surface area contributed by atoms with Gasteiger partial charge in [-0.25, -0.2) is 0 Å². The minimum Gasteiger partial charge on any atom is -0.342 e. The maximum Gasteiger partial charge on any atom is 0.263 e. The normalized spacial score (nSPS) is 14.2. The van der Waals surface area contributed by atoms with Crippen molar-refractivity contribution in [1.82, 2.24) is 4.57 Å². The molecule has 0 aliphatic carbocycles. The summed E-state index contributed by atoms with van der Waals surface area (Å²) < 4.78 is 3.33. The molecule has 0 atom stereocenters. The lowest BCUT2D eigenvalue weighted by molar-refractivity contribution is -0.112. The summed E-state index contributed by atoms with van der Waals surface area (Å²) in [5, 5.41) is 1.13. The Morgan fingerprint density at radius 1 is 0.765 bits per heavy atom. The lowest BCUT2D eigenvalue weighted by atomic mass is 10.0. The van der Waals surface area contributed by atoms with E-state index in [4.69, 9.17) is 0 Å². The third-order valence-electron chi connectivity index (χ3n) is 6.27. The molecule has 0 spiro atoms. The van der Waals surface area contributed by atoms with Gasteiger partial charge in [-0.2, -0.15) is 0 Å². The molecule has 4 heteroatoms. The summed E-state index contributed by atoms with van der Waals surface area (Å²) in [5.74, 6) is -0.00265. The van der Waals surface area contributed by atoms with E-state index < -0.39 is 0 Å². The molecule has 0 bridgehead atoms. The Balaban J connectivity index is 1.47. The molecule has 3 nitrogen and oxygen atoms in total. The molecule has 4 aromatic carbocycles. The van der Waals surface area contributed by atoms with Crippen LogP contribution in [0.15, 0.2) is 114 Å². The lowest BCUT2D eigenvalue weighted by Crippen LogP contribution is -2.20. The Bertz CT molecular complexity index is 1550. The van der Waals surface area contributed by atoms with Crippen molar-refractivity contribution in [1.29, 1.82) is 0 Å². The van der Waals surface area contributed by atoms with Gasteiger partial charge in [0.2, 0.25) is 0 Å². The molecular formula is C30H21BrN2O. The van der Waals surface area contributed by atoms with Crippen molar-refractivity contribution in [2.24, 2.45) is 0 Å². The second-order valence-corrected chi connectivity index (χ2v) is 9.32. The Morgan fingerprint density at radius 3 is 2.29 bits per heavy atom. The maximum absolute atomic E-state index is 13.7. The molecule has 0 saturated carbocycles. The fourth-order valence-electron chi connectivity index (χ4n) is 4.68. The molecule has 0 radical (unpaired) electrons. The van der Waals surface area contributed by atoms with E-state index in [1.807, 2.05) is 65.6 Å². The molecule has 1 aromatic heterocycles. The van der Waals surface area contributed by atoms with Crippen LogP contribution in [0, 0.1) is 0 Å². The molecule has 2 heterocycles. The number of rotatable bonds is 4. The molecule has 34 heavy (non-hydrogen) atoms. The molecule has 0 N–H and O–H groups in total. The van der Waals surface area contributed by atoms with E-state index in [9.17, 15) is 4.79 Å². The van der Waals surface area contributed by atoms with Gasteiger partial charge in [-0.1, -0.05) is 82.7 Å². The average Bonchev–Trinajstić information content (AvgIpc) is 3.36. The highest BCUT2D eigenvalue weighted by molar-refractivity contribution is 9.10. The van der Waals surface area contributed by atoms with Crippen LogP contribution in [0.1, 0.15) is 16.7 Å². The summed E-state index contributed by atoms with van der Waals surface area (Å²) in [5.41, 5.74) is 6.88. The first kappa shape index (κ1) is 20.7. The van der Waals surface area contributed by atoms with Gasteiger partial charge in [-0.3, -0.25) is 9.69 Å². The van der Waals surface area contributed by atoms with Crippen LogP contribution in [0.25, 0.3) is 22.6 Å². The number of amides is 1. The number of fused-ring (bicyclic) bond motifs is 2. The molecule has 0 unspecified atom stereocenters. The zero-order chi connectivity index (χ0) is 23.1. The predicted molar refractivity (Wildman–Crippen MR) is 143 cm³/mol. The Morgan fingerprint density at radius 2 is 1.47 bits per heavy atom. The molecular weight excluding hydrogens is 484 g/mol. The van der Waals surface area contributed by atoms with Crippen molar-refractivity contribution < 1.29 is 4.79 Å². The van der Waals surface area contributed by atoms with E-state index >= 15 is 0 Å². The third-order valence-corrected chi connectivity index (χ3v) is 6.80. The number of halogens is 1. The number of carbonyl (C=O) groups excluding carboxylic acids is 1. The first-order valence-corrected chi connectivity index (χ1v) is 12.0. The van der Waals surface area contributed by atoms with Gasteiger partial charge in [-0.05, 0) is 48.0 Å². The average molecular weight is 505 g/mol. The van der Waals surface area contributed by atoms with Gasteiger partial charge in [0.25, 0.3) is 5.91 Å². The predicted octanol–water partition coefficient (Wildman–Crippen LogP) is 7.67. The number of carbonyl (C=O) groups is 1. The molecule has 5 aromatic rings. The van der Waals surface area contributed by atoms with Crippen molar-refractivity contribution in [3.05, 3.63) is 130 Å². The Hall–Kier alpha value is -3.89. The van der Waals surface area contributed by atoms with Crippen LogP contribution in [0.3, 0.4) is 0 Å². The topological polar surface area (TPSA) is 25.2 Å². The monoisotopic (exact) mass is 504 g/mol. The first-order chi connectivity index (χ1) is 16.7. The molecule has 164 valence electrons. The number of aromatic nitrogens is 1. The van der Waals surface area contributed by atoms with Crippen molar-refractivity contribution >= 4 is 55.8 Å². The summed E-state index contributed by atoms with van der Waals surface area (Å²) in [6, 6.07) is 34.6. The first-order valence-electron chi connectivity index (χ1n) is 11.2. The van der Waals surface area contributed by atoms with E-state index in [1.54, 1.807) is 0 Å². The standard InChI is InChI=1S/C30H21BrN2O/c31-23-16-14-21(15-17-23)19-32-20-22(25-10-4-6-12-28(25)32)18-27-26-11-5-7-13-29(26)33(30(27)34)24-8-2-1-3-9-24/h1-18,20H,19H2/b27-18+. The lowest BCUT2D eigenvalue weighted by Gasteiger charge is -2.16. The van der Waals surface area contributed by atoms with Crippen LogP contribution in [-0.4, -0.2) is 10.5 Å². The van der Waals surface area contributed by atoms with Crippen molar-refractivity contribution in [3.63, 3.8) is 0 Å². The smallest absolute Gasteiger partial charge is 0.263 e. The molecule has 1 aliphatic heterocycles. The Labute approximate surface area is 206 Å². The van der Waals surface area contributed by atoms with Crippen LogP contribution >= 0.6 is 15.9 Å². The number of hydrogen-bond acceptors (Lipinski definition) is 1. The quantitative estimate of drug-likeness (QED) is 0.230. The van der Waals surface area contributed by atoms with E-state index in [0.29, 0.717) is 5.57 Å². The number of para-hydroxylation sites is 3. The fraction of sp³-hybridized carbons (Fsp3) is 0.0333. The van der Waals surface area contributed by atoms with Crippen LogP contribution in [-0.2, 0) is 11.3 Å². The van der Waals surface area contributed by atoms with Gasteiger partial charge >= 0.3 is 0 Å². The zero-order valence-electron chi connectivity index (χ0n) is 18.4. The van der Waals surface area contributed by atoms with Crippen LogP contribution in [0.4, 0.5) is 11.4 Å². The zero-order valence-corrected chi connectivity index (χ0v) is 19.9.